The van der Waals surface area contributed by atoms with Crippen molar-refractivity contribution in [3.63, 3.8) is 0 Å². The lowest BCUT2D eigenvalue weighted by Gasteiger charge is -2.28. The highest BCUT2D eigenvalue weighted by atomic mass is 16.2. The van der Waals surface area contributed by atoms with E-state index in [2.05, 4.69) is 9.97 Å². The number of carbonyl (C=O) groups excluding carboxylic acids is 1. The Morgan fingerprint density at radius 2 is 1.79 bits per heavy atom. The molecule has 1 heterocycles. The average molecular weight is 378 g/mol. The molecule has 6 heteroatoms. The lowest BCUT2D eigenvalue weighted by Crippen LogP contribution is -2.39. The molecule has 3 rings (SSSR count). The Hall–Kier alpha value is -2.99. The highest BCUT2D eigenvalue weighted by molar-refractivity contribution is 5.78. The summed E-state index contributed by atoms with van der Waals surface area (Å²) in [6.07, 6.45) is 0. The van der Waals surface area contributed by atoms with Crippen LogP contribution in [-0.4, -0.2) is 45.8 Å². The van der Waals surface area contributed by atoms with Crippen LogP contribution in [0.4, 0.5) is 0 Å². The smallest absolute Gasteiger partial charge is 0.258 e. The van der Waals surface area contributed by atoms with Crippen LogP contribution in [0, 0.1) is 0 Å². The standard InChI is InChI=1S/C22H26N4O2/c1-4-26(14-20-23-19-13-9-8-12-18(19)22(28)24-20)15-21(27)25(3)16(2)17-10-6-5-7-11-17/h5-13,16H,4,14-15H2,1-3H3,(H,23,24,28). The number of nitrogens with zero attached hydrogens (tertiary/aromatic N) is 3. The van der Waals surface area contributed by atoms with E-state index in [1.54, 1.807) is 11.0 Å². The zero-order chi connectivity index (χ0) is 20.1. The summed E-state index contributed by atoms with van der Waals surface area (Å²) < 4.78 is 0. The number of para-hydroxylation sites is 1. The third-order valence-corrected chi connectivity index (χ3v) is 5.10. The monoisotopic (exact) mass is 378 g/mol. The first-order valence-electron chi connectivity index (χ1n) is 9.50. The summed E-state index contributed by atoms with van der Waals surface area (Å²) >= 11 is 0. The van der Waals surface area contributed by atoms with Crippen molar-refractivity contribution in [2.75, 3.05) is 20.1 Å². The molecule has 28 heavy (non-hydrogen) atoms. The molecule has 0 aliphatic rings. The van der Waals surface area contributed by atoms with Crippen molar-refractivity contribution in [3.8, 4) is 0 Å². The number of amides is 1. The van der Waals surface area contributed by atoms with Gasteiger partial charge in [0.25, 0.3) is 5.56 Å². The molecule has 0 fully saturated rings. The molecular weight excluding hydrogens is 352 g/mol. The van der Waals surface area contributed by atoms with E-state index in [1.165, 1.54) is 0 Å². The van der Waals surface area contributed by atoms with Crippen LogP contribution < -0.4 is 5.56 Å². The highest BCUT2D eigenvalue weighted by Gasteiger charge is 2.20. The second-order valence-electron chi connectivity index (χ2n) is 6.92. The molecule has 2 aromatic carbocycles. The van der Waals surface area contributed by atoms with Crippen molar-refractivity contribution >= 4 is 16.8 Å². The van der Waals surface area contributed by atoms with Crippen LogP contribution >= 0.6 is 0 Å². The van der Waals surface area contributed by atoms with Crippen LogP contribution in [0.1, 0.15) is 31.3 Å². The topological polar surface area (TPSA) is 69.3 Å². The summed E-state index contributed by atoms with van der Waals surface area (Å²) in [6, 6.07) is 17.2. The Morgan fingerprint density at radius 1 is 1.11 bits per heavy atom. The maximum absolute atomic E-state index is 12.8. The number of carbonyl (C=O) groups is 1. The van der Waals surface area contributed by atoms with E-state index in [4.69, 9.17) is 0 Å². The predicted octanol–water partition coefficient (Wildman–Crippen LogP) is 2.96. The van der Waals surface area contributed by atoms with Crippen molar-refractivity contribution in [1.82, 2.24) is 19.8 Å². The van der Waals surface area contributed by atoms with Crippen molar-refractivity contribution in [1.29, 1.82) is 0 Å². The molecule has 0 aliphatic heterocycles. The van der Waals surface area contributed by atoms with E-state index in [0.717, 1.165) is 5.56 Å². The van der Waals surface area contributed by atoms with E-state index in [1.807, 2.05) is 74.3 Å². The Morgan fingerprint density at radius 3 is 2.50 bits per heavy atom. The Kier molecular flexibility index (Phi) is 6.21. The number of H-pyrrole nitrogens is 1. The van der Waals surface area contributed by atoms with Crippen LogP contribution in [0.15, 0.2) is 59.4 Å². The largest absolute Gasteiger partial charge is 0.338 e. The van der Waals surface area contributed by atoms with Crippen LogP contribution in [0.3, 0.4) is 0 Å². The molecule has 1 atom stereocenters. The van der Waals surface area contributed by atoms with E-state index < -0.39 is 0 Å². The van der Waals surface area contributed by atoms with Crippen molar-refractivity contribution in [3.05, 3.63) is 76.3 Å². The third kappa shape index (κ3) is 4.46. The average Bonchev–Trinajstić information content (AvgIpc) is 2.72. The fourth-order valence-electron chi connectivity index (χ4n) is 3.18. The Bertz CT molecular complexity index is 1000. The van der Waals surface area contributed by atoms with Crippen LogP contribution in [0.2, 0.25) is 0 Å². The first kappa shape index (κ1) is 19.8. The van der Waals surface area contributed by atoms with Crippen LogP contribution in [-0.2, 0) is 11.3 Å². The molecule has 0 bridgehead atoms. The molecule has 1 unspecified atom stereocenters. The molecule has 0 saturated heterocycles. The van der Waals surface area contributed by atoms with E-state index in [-0.39, 0.29) is 24.1 Å². The molecular formula is C22H26N4O2. The lowest BCUT2D eigenvalue weighted by atomic mass is 10.1. The molecule has 1 N–H and O–H groups in total. The van der Waals surface area contributed by atoms with E-state index in [0.29, 0.717) is 29.8 Å². The van der Waals surface area contributed by atoms with Crippen LogP contribution in [0.25, 0.3) is 10.9 Å². The minimum Gasteiger partial charge on any atom is -0.338 e. The molecule has 6 nitrogen and oxygen atoms in total. The number of hydrogen-bond donors (Lipinski definition) is 1. The fourth-order valence-corrected chi connectivity index (χ4v) is 3.18. The lowest BCUT2D eigenvalue weighted by molar-refractivity contribution is -0.133. The zero-order valence-electron chi connectivity index (χ0n) is 16.6. The fraction of sp³-hybridized carbons (Fsp3) is 0.318. The quantitative estimate of drug-likeness (QED) is 0.686. The van der Waals surface area contributed by atoms with Gasteiger partial charge in [0.15, 0.2) is 0 Å². The summed E-state index contributed by atoms with van der Waals surface area (Å²) in [7, 11) is 1.82. The Balaban J connectivity index is 1.70. The van der Waals surface area contributed by atoms with Gasteiger partial charge in [-0.15, -0.1) is 0 Å². The molecule has 146 valence electrons. The maximum Gasteiger partial charge on any atom is 0.258 e. The number of aromatic amines is 1. The van der Waals surface area contributed by atoms with Gasteiger partial charge in [-0.05, 0) is 31.2 Å². The molecule has 3 aromatic rings. The normalized spacial score (nSPS) is 12.3. The van der Waals surface area contributed by atoms with Gasteiger partial charge in [0.2, 0.25) is 5.91 Å². The van der Waals surface area contributed by atoms with Gasteiger partial charge in [0.05, 0.1) is 30.0 Å². The molecule has 0 aliphatic carbocycles. The van der Waals surface area contributed by atoms with E-state index in [9.17, 15) is 9.59 Å². The number of hydrogen-bond acceptors (Lipinski definition) is 4. The summed E-state index contributed by atoms with van der Waals surface area (Å²) in [5, 5.41) is 0.571. The van der Waals surface area contributed by atoms with Gasteiger partial charge >= 0.3 is 0 Å². The minimum absolute atomic E-state index is 0.00833. The van der Waals surface area contributed by atoms with Crippen LogP contribution in [0.5, 0.6) is 0 Å². The number of nitrogens with one attached hydrogen (secondary N) is 1. The number of rotatable bonds is 7. The second-order valence-corrected chi connectivity index (χ2v) is 6.92. The van der Waals surface area contributed by atoms with Gasteiger partial charge < -0.3 is 9.88 Å². The molecule has 0 spiro atoms. The van der Waals surface area contributed by atoms with Crippen molar-refractivity contribution < 1.29 is 4.79 Å². The van der Waals surface area contributed by atoms with Crippen molar-refractivity contribution in [2.45, 2.75) is 26.4 Å². The SMILES string of the molecule is CCN(CC(=O)N(C)C(C)c1ccccc1)Cc1nc2ccccc2c(=O)[nH]1. The maximum atomic E-state index is 12.8. The minimum atomic E-state index is -0.155. The summed E-state index contributed by atoms with van der Waals surface area (Å²) in [5.74, 6) is 0.596. The van der Waals surface area contributed by atoms with Gasteiger partial charge in [-0.1, -0.05) is 49.4 Å². The Labute approximate surface area is 164 Å². The van der Waals surface area contributed by atoms with Gasteiger partial charge in [0, 0.05) is 7.05 Å². The molecule has 1 aromatic heterocycles. The van der Waals surface area contributed by atoms with Gasteiger partial charge in [-0.2, -0.15) is 0 Å². The number of aromatic nitrogens is 2. The number of benzene rings is 2. The summed E-state index contributed by atoms with van der Waals surface area (Å²) in [6.45, 7) is 5.37. The van der Waals surface area contributed by atoms with Gasteiger partial charge in [-0.3, -0.25) is 14.5 Å². The van der Waals surface area contributed by atoms with E-state index >= 15 is 0 Å². The summed E-state index contributed by atoms with van der Waals surface area (Å²) in [4.78, 5) is 36.1. The van der Waals surface area contributed by atoms with Gasteiger partial charge in [-0.25, -0.2) is 4.98 Å². The molecule has 1 amide bonds. The molecule has 0 radical (unpaired) electrons. The highest BCUT2D eigenvalue weighted by Crippen LogP contribution is 2.18. The first-order valence-corrected chi connectivity index (χ1v) is 9.50. The number of likely N-dealkylation sites (N-methyl/N-ethyl adjacent to an activating group) is 2. The predicted molar refractivity (Wildman–Crippen MR) is 111 cm³/mol. The summed E-state index contributed by atoms with van der Waals surface area (Å²) in [5.41, 5.74) is 1.61. The zero-order valence-corrected chi connectivity index (χ0v) is 16.6. The third-order valence-electron chi connectivity index (χ3n) is 5.10. The van der Waals surface area contributed by atoms with Gasteiger partial charge in [0.1, 0.15) is 5.82 Å². The molecule has 0 saturated carbocycles. The second kappa shape index (κ2) is 8.80. The number of fused-ring (bicyclic) bond motifs is 1. The van der Waals surface area contributed by atoms with Crippen molar-refractivity contribution in [2.24, 2.45) is 0 Å². The first-order chi connectivity index (χ1) is 13.5.